The highest BCUT2D eigenvalue weighted by atomic mass is 16.3. The molecule has 2 N–H and O–H groups in total. The summed E-state index contributed by atoms with van der Waals surface area (Å²) in [5.74, 6) is -0.372. The summed E-state index contributed by atoms with van der Waals surface area (Å²) in [5, 5.41) is 5.38. The number of amides is 3. The first-order chi connectivity index (χ1) is 12.0. The lowest BCUT2D eigenvalue weighted by atomic mass is 10.1. The average Bonchev–Trinajstić information content (AvgIpc) is 3.14. The van der Waals surface area contributed by atoms with Crippen LogP contribution in [-0.4, -0.2) is 43.3 Å². The fourth-order valence-corrected chi connectivity index (χ4v) is 2.10. The molecule has 0 aliphatic heterocycles. The van der Waals surface area contributed by atoms with E-state index in [1.807, 2.05) is 0 Å². The van der Waals surface area contributed by atoms with Crippen molar-refractivity contribution in [2.45, 2.75) is 13.0 Å². The van der Waals surface area contributed by atoms with Gasteiger partial charge >= 0.3 is 0 Å². The van der Waals surface area contributed by atoms with Gasteiger partial charge in [-0.1, -0.05) is 12.1 Å². The summed E-state index contributed by atoms with van der Waals surface area (Å²) in [6.45, 7) is 0.586. The van der Waals surface area contributed by atoms with Crippen molar-refractivity contribution >= 4 is 17.7 Å². The van der Waals surface area contributed by atoms with Crippen LogP contribution in [-0.2, 0) is 11.3 Å². The van der Waals surface area contributed by atoms with Gasteiger partial charge in [-0.15, -0.1) is 0 Å². The smallest absolute Gasteiger partial charge is 0.286 e. The summed E-state index contributed by atoms with van der Waals surface area (Å²) in [7, 11) is 3.39. The van der Waals surface area contributed by atoms with E-state index in [1.54, 1.807) is 50.5 Å². The van der Waals surface area contributed by atoms with Gasteiger partial charge in [0.05, 0.1) is 6.26 Å². The maximum absolute atomic E-state index is 11.8. The zero-order chi connectivity index (χ0) is 18.2. The summed E-state index contributed by atoms with van der Waals surface area (Å²) in [6, 6.07) is 10.2. The maximum atomic E-state index is 11.8. The average molecular weight is 343 g/mol. The fourth-order valence-electron chi connectivity index (χ4n) is 2.10. The number of hydrogen-bond donors (Lipinski definition) is 2. The van der Waals surface area contributed by atoms with E-state index in [2.05, 4.69) is 10.6 Å². The van der Waals surface area contributed by atoms with Crippen molar-refractivity contribution in [3.05, 3.63) is 59.5 Å². The van der Waals surface area contributed by atoms with Gasteiger partial charge in [0.25, 0.3) is 11.8 Å². The summed E-state index contributed by atoms with van der Waals surface area (Å²) in [6.07, 6.45) is 1.59. The number of furan rings is 1. The standard InChI is InChI=1S/C18H21N3O4/c1-21(2)18(24)14-7-5-13(6-8-14)12-20-16(22)9-10-19-17(23)15-4-3-11-25-15/h3-8,11H,9-10,12H2,1-2H3,(H,19,23)(H,20,22). The van der Waals surface area contributed by atoms with Crippen molar-refractivity contribution in [1.29, 1.82) is 0 Å². The quantitative estimate of drug-likeness (QED) is 0.795. The Balaban J connectivity index is 1.71. The third-order valence-electron chi connectivity index (χ3n) is 3.48. The zero-order valence-corrected chi connectivity index (χ0v) is 14.2. The second kappa shape index (κ2) is 8.68. The first kappa shape index (κ1) is 18.3. The van der Waals surface area contributed by atoms with Gasteiger partial charge in [0, 0.05) is 39.2 Å². The van der Waals surface area contributed by atoms with E-state index < -0.39 is 0 Å². The highest BCUT2D eigenvalue weighted by Gasteiger charge is 2.09. The van der Waals surface area contributed by atoms with Crippen LogP contribution in [0.2, 0.25) is 0 Å². The predicted octanol–water partition coefficient (Wildman–Crippen LogP) is 1.42. The van der Waals surface area contributed by atoms with Crippen molar-refractivity contribution in [3.8, 4) is 0 Å². The molecule has 0 fully saturated rings. The van der Waals surface area contributed by atoms with Gasteiger partial charge in [-0.3, -0.25) is 14.4 Å². The third kappa shape index (κ3) is 5.49. The molecule has 0 atom stereocenters. The first-order valence-corrected chi connectivity index (χ1v) is 7.86. The summed E-state index contributed by atoms with van der Waals surface area (Å²) in [4.78, 5) is 36.7. The second-order valence-corrected chi connectivity index (χ2v) is 5.66. The molecular formula is C18H21N3O4. The molecule has 0 bridgehead atoms. The lowest BCUT2D eigenvalue weighted by Crippen LogP contribution is -2.30. The van der Waals surface area contributed by atoms with E-state index in [-0.39, 0.29) is 36.4 Å². The normalized spacial score (nSPS) is 10.2. The Morgan fingerprint density at radius 1 is 1.04 bits per heavy atom. The van der Waals surface area contributed by atoms with Crippen LogP contribution in [0.1, 0.15) is 32.9 Å². The monoisotopic (exact) mass is 343 g/mol. The molecule has 3 amide bonds. The Labute approximate surface area is 146 Å². The second-order valence-electron chi connectivity index (χ2n) is 5.66. The molecule has 0 saturated heterocycles. The van der Waals surface area contributed by atoms with Gasteiger partial charge in [-0.05, 0) is 29.8 Å². The van der Waals surface area contributed by atoms with Crippen molar-refractivity contribution in [2.24, 2.45) is 0 Å². The van der Waals surface area contributed by atoms with Crippen molar-refractivity contribution in [1.82, 2.24) is 15.5 Å². The molecule has 25 heavy (non-hydrogen) atoms. The molecule has 132 valence electrons. The Kier molecular flexibility index (Phi) is 6.33. The first-order valence-electron chi connectivity index (χ1n) is 7.86. The number of nitrogens with one attached hydrogen (secondary N) is 2. The largest absolute Gasteiger partial charge is 0.459 e. The predicted molar refractivity (Wildman–Crippen MR) is 92.0 cm³/mol. The van der Waals surface area contributed by atoms with Crippen LogP contribution in [0.3, 0.4) is 0 Å². The molecule has 7 nitrogen and oxygen atoms in total. The fraction of sp³-hybridized carbons (Fsp3) is 0.278. The summed E-state index contributed by atoms with van der Waals surface area (Å²) in [5.41, 5.74) is 1.49. The minimum absolute atomic E-state index is 0.0668. The highest BCUT2D eigenvalue weighted by Crippen LogP contribution is 2.06. The van der Waals surface area contributed by atoms with Gasteiger partial charge < -0.3 is 20.0 Å². The van der Waals surface area contributed by atoms with Crippen LogP contribution in [0, 0.1) is 0 Å². The highest BCUT2D eigenvalue weighted by molar-refractivity contribution is 5.94. The maximum Gasteiger partial charge on any atom is 0.286 e. The van der Waals surface area contributed by atoms with Gasteiger partial charge in [-0.2, -0.15) is 0 Å². The molecule has 2 aromatic rings. The van der Waals surface area contributed by atoms with Gasteiger partial charge in [0.1, 0.15) is 0 Å². The van der Waals surface area contributed by atoms with Crippen LogP contribution in [0.5, 0.6) is 0 Å². The number of benzene rings is 1. The van der Waals surface area contributed by atoms with E-state index in [0.717, 1.165) is 5.56 Å². The molecule has 0 saturated carbocycles. The Morgan fingerprint density at radius 2 is 1.76 bits per heavy atom. The van der Waals surface area contributed by atoms with Crippen molar-refractivity contribution in [2.75, 3.05) is 20.6 Å². The number of rotatable bonds is 7. The van der Waals surface area contributed by atoms with Gasteiger partial charge in [0.15, 0.2) is 5.76 Å². The SMILES string of the molecule is CN(C)C(=O)c1ccc(CNC(=O)CCNC(=O)c2ccco2)cc1. The molecule has 0 aliphatic carbocycles. The Bertz CT molecular complexity index is 721. The van der Waals surface area contributed by atoms with Gasteiger partial charge in [0.2, 0.25) is 5.91 Å². The summed E-state index contributed by atoms with van der Waals surface area (Å²) >= 11 is 0. The van der Waals surface area contributed by atoms with E-state index in [0.29, 0.717) is 12.1 Å². The Morgan fingerprint density at radius 3 is 2.36 bits per heavy atom. The minimum Gasteiger partial charge on any atom is -0.459 e. The van der Waals surface area contributed by atoms with E-state index in [9.17, 15) is 14.4 Å². The van der Waals surface area contributed by atoms with Gasteiger partial charge in [-0.25, -0.2) is 0 Å². The molecule has 0 aliphatic rings. The topological polar surface area (TPSA) is 91.7 Å². The number of carbonyl (C=O) groups excluding carboxylic acids is 3. The number of hydrogen-bond acceptors (Lipinski definition) is 4. The molecule has 1 heterocycles. The zero-order valence-electron chi connectivity index (χ0n) is 14.2. The van der Waals surface area contributed by atoms with E-state index in [4.69, 9.17) is 4.42 Å². The van der Waals surface area contributed by atoms with Crippen LogP contribution < -0.4 is 10.6 Å². The lowest BCUT2D eigenvalue weighted by molar-refractivity contribution is -0.121. The molecule has 0 radical (unpaired) electrons. The molecule has 2 rings (SSSR count). The van der Waals surface area contributed by atoms with Crippen LogP contribution in [0.25, 0.3) is 0 Å². The van der Waals surface area contributed by atoms with Crippen molar-refractivity contribution < 1.29 is 18.8 Å². The van der Waals surface area contributed by atoms with Crippen LogP contribution in [0.15, 0.2) is 47.1 Å². The number of carbonyl (C=O) groups is 3. The molecule has 0 unspecified atom stereocenters. The van der Waals surface area contributed by atoms with Crippen LogP contribution >= 0.6 is 0 Å². The molecule has 1 aromatic heterocycles. The third-order valence-corrected chi connectivity index (χ3v) is 3.48. The molecular weight excluding hydrogens is 322 g/mol. The minimum atomic E-state index is -0.348. The Hall–Kier alpha value is -3.09. The van der Waals surface area contributed by atoms with Crippen LogP contribution in [0.4, 0.5) is 0 Å². The number of nitrogens with zero attached hydrogens (tertiary/aromatic N) is 1. The summed E-state index contributed by atoms with van der Waals surface area (Å²) < 4.78 is 4.96. The lowest BCUT2D eigenvalue weighted by Gasteiger charge is -2.11. The molecule has 0 spiro atoms. The molecule has 7 heteroatoms. The molecule has 1 aromatic carbocycles. The van der Waals surface area contributed by atoms with E-state index in [1.165, 1.54) is 11.2 Å². The van der Waals surface area contributed by atoms with E-state index >= 15 is 0 Å². The van der Waals surface area contributed by atoms with Crippen molar-refractivity contribution in [3.63, 3.8) is 0 Å².